The van der Waals surface area contributed by atoms with Crippen LogP contribution in [0, 0.1) is 5.82 Å². The molecule has 2 fully saturated rings. The molecular formula is C20H29FN2O5S. The smallest absolute Gasteiger partial charge is 0.248 e. The molecule has 0 radical (unpaired) electrons. The molecule has 1 unspecified atom stereocenters. The summed E-state index contributed by atoms with van der Waals surface area (Å²) in [5.74, 6) is -0.601. The molecule has 0 aliphatic carbocycles. The SMILES string of the molecule is CN(C)C(=O)COC1CCOC2(CCN(S(=O)(=O)Cc3ccc(F)cc3)CC2)C1. The average molecular weight is 429 g/mol. The Kier molecular flexibility index (Phi) is 6.93. The van der Waals surface area contributed by atoms with Crippen LogP contribution in [0.15, 0.2) is 24.3 Å². The lowest BCUT2D eigenvalue weighted by Crippen LogP contribution is -2.52. The van der Waals surface area contributed by atoms with Gasteiger partial charge in [-0.25, -0.2) is 17.1 Å². The van der Waals surface area contributed by atoms with Crippen LogP contribution in [0.1, 0.15) is 31.2 Å². The standard InChI is InChI=1S/C20H29FN2O5S/c1-22(2)19(24)14-27-18-7-12-28-20(13-18)8-10-23(11-9-20)29(25,26)15-16-3-5-17(21)6-4-16/h3-6,18H,7-15H2,1-2H3. The Bertz CT molecular complexity index is 805. The minimum absolute atomic E-state index is 0.0475. The third-order valence-electron chi connectivity index (χ3n) is 5.68. The number of carbonyl (C=O) groups is 1. The van der Waals surface area contributed by atoms with Crippen molar-refractivity contribution in [2.75, 3.05) is 40.4 Å². The second-order valence-electron chi connectivity index (χ2n) is 8.03. The van der Waals surface area contributed by atoms with E-state index in [1.54, 1.807) is 14.1 Å². The number of benzene rings is 1. The molecule has 1 atom stereocenters. The molecule has 0 N–H and O–H groups in total. The van der Waals surface area contributed by atoms with Gasteiger partial charge in [0, 0.05) is 40.2 Å². The van der Waals surface area contributed by atoms with Gasteiger partial charge in [0.25, 0.3) is 0 Å². The second kappa shape index (κ2) is 9.07. The van der Waals surface area contributed by atoms with Crippen molar-refractivity contribution in [1.29, 1.82) is 0 Å². The first kappa shape index (κ1) is 22.1. The summed E-state index contributed by atoms with van der Waals surface area (Å²) in [6, 6.07) is 5.54. The molecule has 1 spiro atoms. The number of carbonyl (C=O) groups excluding carboxylic acids is 1. The molecule has 1 aromatic rings. The zero-order chi connectivity index (χ0) is 21.1. The first-order valence-corrected chi connectivity index (χ1v) is 11.5. The minimum Gasteiger partial charge on any atom is -0.375 e. The lowest BCUT2D eigenvalue weighted by Gasteiger charge is -2.45. The molecule has 1 aromatic carbocycles. The van der Waals surface area contributed by atoms with Crippen LogP contribution in [0.25, 0.3) is 0 Å². The van der Waals surface area contributed by atoms with Gasteiger partial charge in [0.05, 0.1) is 17.5 Å². The molecule has 162 valence electrons. The van der Waals surface area contributed by atoms with Gasteiger partial charge in [-0.1, -0.05) is 12.1 Å². The maximum atomic E-state index is 13.0. The number of hydrogen-bond acceptors (Lipinski definition) is 5. The van der Waals surface area contributed by atoms with E-state index in [-0.39, 0.29) is 30.2 Å². The summed E-state index contributed by atoms with van der Waals surface area (Å²) in [7, 11) is -0.0877. The second-order valence-corrected chi connectivity index (χ2v) is 10.00. The number of rotatable bonds is 6. The predicted octanol–water partition coefficient (Wildman–Crippen LogP) is 1.77. The number of likely N-dealkylation sites (N-methyl/N-ethyl adjacent to an activating group) is 1. The fourth-order valence-electron chi connectivity index (χ4n) is 3.85. The Labute approximate surface area is 171 Å². The van der Waals surface area contributed by atoms with Gasteiger partial charge in [0.2, 0.25) is 15.9 Å². The largest absolute Gasteiger partial charge is 0.375 e. The van der Waals surface area contributed by atoms with E-state index >= 15 is 0 Å². The Balaban J connectivity index is 1.54. The zero-order valence-corrected chi connectivity index (χ0v) is 17.8. The van der Waals surface area contributed by atoms with Gasteiger partial charge in [-0.2, -0.15) is 0 Å². The van der Waals surface area contributed by atoms with Crippen molar-refractivity contribution in [2.24, 2.45) is 0 Å². The monoisotopic (exact) mass is 428 g/mol. The zero-order valence-electron chi connectivity index (χ0n) is 17.0. The van der Waals surface area contributed by atoms with Crippen LogP contribution in [-0.4, -0.2) is 75.6 Å². The van der Waals surface area contributed by atoms with Crippen LogP contribution >= 0.6 is 0 Å². The maximum absolute atomic E-state index is 13.0. The van der Waals surface area contributed by atoms with Gasteiger partial charge in [-0.05, 0) is 37.0 Å². The topological polar surface area (TPSA) is 76.2 Å². The first-order valence-electron chi connectivity index (χ1n) is 9.87. The summed E-state index contributed by atoms with van der Waals surface area (Å²) in [5, 5.41) is 0. The molecule has 2 saturated heterocycles. The fraction of sp³-hybridized carbons (Fsp3) is 0.650. The maximum Gasteiger partial charge on any atom is 0.248 e. The minimum atomic E-state index is -3.48. The van der Waals surface area contributed by atoms with E-state index in [0.717, 1.165) is 6.42 Å². The highest BCUT2D eigenvalue weighted by atomic mass is 32.2. The highest BCUT2D eigenvalue weighted by Crippen LogP contribution is 2.37. The van der Waals surface area contributed by atoms with E-state index in [1.807, 2.05) is 0 Å². The van der Waals surface area contributed by atoms with Crippen LogP contribution in [0.5, 0.6) is 0 Å². The van der Waals surface area contributed by atoms with Gasteiger partial charge >= 0.3 is 0 Å². The Morgan fingerprint density at radius 3 is 2.55 bits per heavy atom. The van der Waals surface area contributed by atoms with Crippen molar-refractivity contribution >= 4 is 15.9 Å². The third kappa shape index (κ3) is 5.75. The summed E-state index contributed by atoms with van der Waals surface area (Å²) in [6.45, 7) is 1.36. The predicted molar refractivity (Wildman–Crippen MR) is 106 cm³/mol. The van der Waals surface area contributed by atoms with Crippen molar-refractivity contribution in [3.63, 3.8) is 0 Å². The molecule has 0 saturated carbocycles. The van der Waals surface area contributed by atoms with E-state index in [0.29, 0.717) is 44.5 Å². The third-order valence-corrected chi connectivity index (χ3v) is 7.53. The molecule has 0 bridgehead atoms. The van der Waals surface area contributed by atoms with Gasteiger partial charge in [-0.15, -0.1) is 0 Å². The Hall–Kier alpha value is -1.55. The summed E-state index contributed by atoms with van der Waals surface area (Å²) < 4.78 is 51.8. The number of halogens is 1. The molecule has 2 aliphatic heterocycles. The van der Waals surface area contributed by atoms with Gasteiger partial charge in [0.1, 0.15) is 12.4 Å². The molecular weight excluding hydrogens is 399 g/mol. The Morgan fingerprint density at radius 1 is 1.28 bits per heavy atom. The molecule has 1 amide bonds. The van der Waals surface area contributed by atoms with Crippen molar-refractivity contribution in [3.8, 4) is 0 Å². The van der Waals surface area contributed by atoms with Gasteiger partial charge in [0.15, 0.2) is 0 Å². The molecule has 9 heteroatoms. The number of hydrogen-bond donors (Lipinski definition) is 0. The molecule has 7 nitrogen and oxygen atoms in total. The number of nitrogens with zero attached hydrogens (tertiary/aromatic N) is 2. The van der Waals surface area contributed by atoms with Crippen LogP contribution in [-0.2, 0) is 30.0 Å². The number of sulfonamides is 1. The number of ether oxygens (including phenoxy) is 2. The highest BCUT2D eigenvalue weighted by Gasteiger charge is 2.43. The summed E-state index contributed by atoms with van der Waals surface area (Å²) >= 11 is 0. The fourth-order valence-corrected chi connectivity index (χ4v) is 5.38. The van der Waals surface area contributed by atoms with Crippen LogP contribution in [0.4, 0.5) is 4.39 Å². The molecule has 2 aliphatic rings. The lowest BCUT2D eigenvalue weighted by atomic mass is 9.84. The van der Waals surface area contributed by atoms with Crippen LogP contribution < -0.4 is 0 Å². The summed E-state index contributed by atoms with van der Waals surface area (Å²) in [4.78, 5) is 13.3. The van der Waals surface area contributed by atoms with Crippen molar-refractivity contribution < 1.29 is 27.1 Å². The Morgan fingerprint density at radius 2 is 1.93 bits per heavy atom. The molecule has 2 heterocycles. The number of piperidine rings is 1. The summed E-state index contributed by atoms with van der Waals surface area (Å²) in [5.41, 5.74) is 0.172. The normalized spacial score (nSPS) is 22.5. The van der Waals surface area contributed by atoms with E-state index in [9.17, 15) is 17.6 Å². The van der Waals surface area contributed by atoms with Crippen molar-refractivity contribution in [2.45, 2.75) is 43.1 Å². The molecule has 0 aromatic heterocycles. The van der Waals surface area contributed by atoms with Crippen LogP contribution in [0.3, 0.4) is 0 Å². The van der Waals surface area contributed by atoms with E-state index in [1.165, 1.54) is 33.5 Å². The first-order chi connectivity index (χ1) is 13.7. The van der Waals surface area contributed by atoms with E-state index < -0.39 is 15.6 Å². The lowest BCUT2D eigenvalue weighted by molar-refractivity contribution is -0.159. The quantitative estimate of drug-likeness (QED) is 0.690. The average Bonchev–Trinajstić information content (AvgIpc) is 2.68. The van der Waals surface area contributed by atoms with Crippen molar-refractivity contribution in [3.05, 3.63) is 35.6 Å². The highest BCUT2D eigenvalue weighted by molar-refractivity contribution is 7.88. The number of amides is 1. The molecule has 3 rings (SSSR count). The van der Waals surface area contributed by atoms with Crippen LogP contribution in [0.2, 0.25) is 0 Å². The molecule has 29 heavy (non-hydrogen) atoms. The van der Waals surface area contributed by atoms with E-state index in [2.05, 4.69) is 0 Å². The van der Waals surface area contributed by atoms with E-state index in [4.69, 9.17) is 9.47 Å². The summed E-state index contributed by atoms with van der Waals surface area (Å²) in [6.07, 6.45) is 2.53. The van der Waals surface area contributed by atoms with Crippen molar-refractivity contribution in [1.82, 2.24) is 9.21 Å². The van der Waals surface area contributed by atoms with Gasteiger partial charge in [-0.3, -0.25) is 4.79 Å². The van der Waals surface area contributed by atoms with Gasteiger partial charge < -0.3 is 14.4 Å².